The van der Waals surface area contributed by atoms with Gasteiger partial charge in [0.1, 0.15) is 12.4 Å². The molecule has 0 spiro atoms. The van der Waals surface area contributed by atoms with Gasteiger partial charge in [-0.25, -0.2) is 0 Å². The minimum atomic E-state index is -0.200. The number of hydrogen-bond donors (Lipinski definition) is 0. The van der Waals surface area contributed by atoms with Crippen LogP contribution >= 0.6 is 0 Å². The first kappa shape index (κ1) is 14.7. The Bertz CT molecular complexity index is 496. The predicted octanol–water partition coefficient (Wildman–Crippen LogP) is 2.77. The van der Waals surface area contributed by atoms with Crippen molar-refractivity contribution in [2.45, 2.75) is 40.2 Å². The standard InChI is InChI=1S/C16H21NO3/c1-11(18)14-7-13(16(14,2)3)8-15(19)20-10-12-5-4-6-17-9-12/h4-6,9,13-14H,7-8,10H2,1-3H3/t13-,14+/m1/s1. The molecule has 2 rings (SSSR count). The Morgan fingerprint density at radius 2 is 2.20 bits per heavy atom. The molecule has 4 nitrogen and oxygen atoms in total. The molecule has 0 saturated heterocycles. The Labute approximate surface area is 119 Å². The lowest BCUT2D eigenvalue weighted by Gasteiger charge is -2.50. The van der Waals surface area contributed by atoms with Crippen molar-refractivity contribution in [2.75, 3.05) is 0 Å². The molecule has 20 heavy (non-hydrogen) atoms. The lowest BCUT2D eigenvalue weighted by molar-refractivity contribution is -0.154. The van der Waals surface area contributed by atoms with E-state index in [1.165, 1.54) is 0 Å². The summed E-state index contributed by atoms with van der Waals surface area (Å²) in [6.07, 6.45) is 4.55. The lowest BCUT2D eigenvalue weighted by atomic mass is 9.53. The maximum absolute atomic E-state index is 11.9. The van der Waals surface area contributed by atoms with Crippen LogP contribution < -0.4 is 0 Å². The molecule has 1 aliphatic rings. The van der Waals surface area contributed by atoms with Crippen molar-refractivity contribution >= 4 is 11.8 Å². The molecule has 0 aromatic carbocycles. The molecule has 0 aliphatic heterocycles. The molecule has 0 bridgehead atoms. The van der Waals surface area contributed by atoms with Crippen LogP contribution in [-0.4, -0.2) is 16.7 Å². The normalized spacial score (nSPS) is 23.8. The Balaban J connectivity index is 1.80. The van der Waals surface area contributed by atoms with Crippen LogP contribution in [0.15, 0.2) is 24.5 Å². The van der Waals surface area contributed by atoms with Crippen LogP contribution in [0.5, 0.6) is 0 Å². The van der Waals surface area contributed by atoms with E-state index in [0.29, 0.717) is 6.42 Å². The van der Waals surface area contributed by atoms with Crippen molar-refractivity contribution in [2.24, 2.45) is 17.3 Å². The zero-order chi connectivity index (χ0) is 14.8. The SMILES string of the molecule is CC(=O)[C@@H]1C[C@H](CC(=O)OCc2cccnc2)C1(C)C. The van der Waals surface area contributed by atoms with Gasteiger partial charge in [-0.1, -0.05) is 19.9 Å². The van der Waals surface area contributed by atoms with Crippen LogP contribution in [0.2, 0.25) is 0 Å². The van der Waals surface area contributed by atoms with Crippen molar-refractivity contribution in [1.82, 2.24) is 4.98 Å². The van der Waals surface area contributed by atoms with Gasteiger partial charge in [-0.2, -0.15) is 0 Å². The number of ketones is 1. The molecule has 4 heteroatoms. The predicted molar refractivity (Wildman–Crippen MR) is 74.7 cm³/mol. The molecule has 1 heterocycles. The summed E-state index contributed by atoms with van der Waals surface area (Å²) in [4.78, 5) is 27.3. The summed E-state index contributed by atoms with van der Waals surface area (Å²) >= 11 is 0. The monoisotopic (exact) mass is 275 g/mol. The van der Waals surface area contributed by atoms with E-state index < -0.39 is 0 Å². The summed E-state index contributed by atoms with van der Waals surface area (Å²) in [6.45, 7) is 6.00. The van der Waals surface area contributed by atoms with Crippen molar-refractivity contribution in [3.8, 4) is 0 Å². The number of esters is 1. The first-order valence-electron chi connectivity index (χ1n) is 6.96. The average molecular weight is 275 g/mol. The Hall–Kier alpha value is -1.71. The summed E-state index contributed by atoms with van der Waals surface area (Å²) in [5.74, 6) is 0.334. The molecule has 2 atom stereocenters. The quantitative estimate of drug-likeness (QED) is 0.775. The van der Waals surface area contributed by atoms with Crippen LogP contribution in [0.25, 0.3) is 0 Å². The molecule has 0 N–H and O–H groups in total. The molecule has 1 aromatic heterocycles. The van der Waals surface area contributed by atoms with Gasteiger partial charge >= 0.3 is 5.97 Å². The highest BCUT2D eigenvalue weighted by atomic mass is 16.5. The van der Waals surface area contributed by atoms with Crippen molar-refractivity contribution < 1.29 is 14.3 Å². The highest BCUT2D eigenvalue weighted by Crippen LogP contribution is 2.53. The van der Waals surface area contributed by atoms with Crippen LogP contribution in [0.3, 0.4) is 0 Å². The number of rotatable bonds is 5. The van der Waals surface area contributed by atoms with Crippen molar-refractivity contribution in [3.63, 3.8) is 0 Å². The molecule has 1 aliphatic carbocycles. The highest BCUT2D eigenvalue weighted by Gasteiger charge is 2.50. The summed E-state index contributed by atoms with van der Waals surface area (Å²) in [5, 5.41) is 0. The van der Waals surface area contributed by atoms with Crippen LogP contribution in [-0.2, 0) is 20.9 Å². The molecule has 0 unspecified atom stereocenters. The van der Waals surface area contributed by atoms with E-state index in [1.54, 1.807) is 19.3 Å². The van der Waals surface area contributed by atoms with Gasteiger partial charge in [0.25, 0.3) is 0 Å². The third-order valence-corrected chi connectivity index (χ3v) is 4.50. The maximum Gasteiger partial charge on any atom is 0.306 e. The molecule has 0 amide bonds. The van der Waals surface area contributed by atoms with Gasteiger partial charge in [-0.3, -0.25) is 14.6 Å². The summed E-state index contributed by atoms with van der Waals surface area (Å²) in [6, 6.07) is 3.69. The molecular weight excluding hydrogens is 254 g/mol. The topological polar surface area (TPSA) is 56.3 Å². The zero-order valence-corrected chi connectivity index (χ0v) is 12.3. The molecule has 1 aromatic rings. The average Bonchev–Trinajstić information content (AvgIpc) is 2.41. The summed E-state index contributed by atoms with van der Waals surface area (Å²) < 4.78 is 5.26. The summed E-state index contributed by atoms with van der Waals surface area (Å²) in [7, 11) is 0. The molecule has 1 fully saturated rings. The van der Waals surface area contributed by atoms with Crippen molar-refractivity contribution in [3.05, 3.63) is 30.1 Å². The number of carbonyl (C=O) groups is 2. The van der Waals surface area contributed by atoms with Crippen LogP contribution in [0.4, 0.5) is 0 Å². The number of ether oxygens (including phenoxy) is 1. The van der Waals surface area contributed by atoms with Gasteiger partial charge in [0.2, 0.25) is 0 Å². The second-order valence-electron chi connectivity index (χ2n) is 6.14. The highest BCUT2D eigenvalue weighted by molar-refractivity contribution is 5.81. The minimum absolute atomic E-state index is 0.0821. The molecular formula is C16H21NO3. The van der Waals surface area contributed by atoms with E-state index in [0.717, 1.165) is 12.0 Å². The first-order valence-corrected chi connectivity index (χ1v) is 6.96. The number of nitrogens with zero attached hydrogens (tertiary/aromatic N) is 1. The largest absolute Gasteiger partial charge is 0.461 e. The summed E-state index contributed by atoms with van der Waals surface area (Å²) in [5.41, 5.74) is 0.787. The van der Waals surface area contributed by atoms with Crippen molar-refractivity contribution in [1.29, 1.82) is 0 Å². The van der Waals surface area contributed by atoms with Crippen LogP contribution in [0.1, 0.15) is 39.2 Å². The number of pyridine rings is 1. The fraction of sp³-hybridized carbons (Fsp3) is 0.562. The van der Waals surface area contributed by atoms with Gasteiger partial charge in [0.05, 0.1) is 0 Å². The molecule has 0 radical (unpaired) electrons. The molecule has 1 saturated carbocycles. The van der Waals surface area contributed by atoms with Gasteiger partial charge in [0, 0.05) is 30.3 Å². The van der Waals surface area contributed by atoms with Gasteiger partial charge in [-0.15, -0.1) is 0 Å². The number of carbonyl (C=O) groups excluding carboxylic acids is 2. The van der Waals surface area contributed by atoms with E-state index in [1.807, 2.05) is 12.1 Å². The van der Waals surface area contributed by atoms with E-state index in [-0.39, 0.29) is 35.6 Å². The second-order valence-corrected chi connectivity index (χ2v) is 6.14. The van der Waals surface area contributed by atoms with E-state index in [2.05, 4.69) is 18.8 Å². The fourth-order valence-corrected chi connectivity index (χ4v) is 2.96. The fourth-order valence-electron chi connectivity index (χ4n) is 2.96. The maximum atomic E-state index is 11.9. The molecule has 108 valence electrons. The zero-order valence-electron chi connectivity index (χ0n) is 12.3. The van der Waals surface area contributed by atoms with Gasteiger partial charge in [-0.05, 0) is 30.7 Å². The van der Waals surface area contributed by atoms with Gasteiger partial charge in [0.15, 0.2) is 0 Å². The Kier molecular flexibility index (Phi) is 4.21. The van der Waals surface area contributed by atoms with E-state index in [4.69, 9.17) is 4.74 Å². The van der Waals surface area contributed by atoms with E-state index >= 15 is 0 Å². The first-order chi connectivity index (χ1) is 9.41. The Morgan fingerprint density at radius 3 is 2.75 bits per heavy atom. The lowest BCUT2D eigenvalue weighted by Crippen LogP contribution is -2.49. The van der Waals surface area contributed by atoms with Gasteiger partial charge < -0.3 is 4.74 Å². The third-order valence-electron chi connectivity index (χ3n) is 4.50. The van der Waals surface area contributed by atoms with E-state index in [9.17, 15) is 9.59 Å². The third kappa shape index (κ3) is 3.06. The minimum Gasteiger partial charge on any atom is -0.461 e. The smallest absolute Gasteiger partial charge is 0.306 e. The number of aromatic nitrogens is 1. The second kappa shape index (κ2) is 5.73. The number of hydrogen-bond acceptors (Lipinski definition) is 4. The number of Topliss-reactive ketones (excluding diaryl/α,β-unsaturated/α-hetero) is 1. The van der Waals surface area contributed by atoms with Crippen LogP contribution in [0, 0.1) is 17.3 Å². The Morgan fingerprint density at radius 1 is 1.45 bits per heavy atom.